The number of urea groups is 1. The number of anilines is 1. The van der Waals surface area contributed by atoms with Crippen LogP contribution in [-0.2, 0) is 13.0 Å². The molecule has 29 heavy (non-hydrogen) atoms. The highest BCUT2D eigenvalue weighted by Crippen LogP contribution is 2.23. The van der Waals surface area contributed by atoms with E-state index in [1.807, 2.05) is 12.1 Å². The van der Waals surface area contributed by atoms with Crippen molar-refractivity contribution in [3.63, 3.8) is 0 Å². The number of benzene rings is 2. The van der Waals surface area contributed by atoms with Gasteiger partial charge in [-0.1, -0.05) is 23.7 Å². The highest BCUT2D eigenvalue weighted by molar-refractivity contribution is 6.33. The first-order chi connectivity index (χ1) is 14.0. The van der Waals surface area contributed by atoms with E-state index in [1.165, 1.54) is 0 Å². The average molecular weight is 411 g/mol. The number of hydrogen-bond acceptors (Lipinski definition) is 4. The molecule has 0 unspecified atom stereocenters. The summed E-state index contributed by atoms with van der Waals surface area (Å²) in [5.41, 5.74) is 2.35. The molecule has 0 spiro atoms. The Balaban J connectivity index is 1.58. The van der Waals surface area contributed by atoms with Crippen molar-refractivity contribution in [2.75, 3.05) is 19.0 Å². The van der Waals surface area contributed by atoms with Crippen LogP contribution in [0.3, 0.4) is 0 Å². The van der Waals surface area contributed by atoms with Gasteiger partial charge in [0.05, 0.1) is 30.1 Å². The van der Waals surface area contributed by atoms with Gasteiger partial charge in [-0.05, 0) is 42.8 Å². The monoisotopic (exact) mass is 410 g/mol. The lowest BCUT2D eigenvalue weighted by atomic mass is 10.1. The van der Waals surface area contributed by atoms with Gasteiger partial charge >= 0.3 is 6.03 Å². The van der Waals surface area contributed by atoms with Crippen LogP contribution in [0.2, 0.25) is 5.02 Å². The molecule has 148 valence electrons. The normalized spacial score (nSPS) is 13.0. The molecule has 0 bridgehead atoms. The molecule has 2 aromatic carbocycles. The molecular weight excluding hydrogens is 392 g/mol. The minimum atomic E-state index is -0.281. The number of aromatic nitrogens is 2. The van der Waals surface area contributed by atoms with Crippen molar-refractivity contribution in [1.82, 2.24) is 14.9 Å². The Kier molecular flexibility index (Phi) is 5.22. The van der Waals surface area contributed by atoms with Crippen LogP contribution in [0.5, 0.6) is 5.75 Å². The number of para-hydroxylation sites is 1. The smallest absolute Gasteiger partial charge is 0.322 e. The Morgan fingerprint density at radius 1 is 1.21 bits per heavy atom. The number of methoxy groups -OCH3 is 1. The lowest BCUT2D eigenvalue weighted by Crippen LogP contribution is -2.41. The SMILES string of the molecule is COc1ccc(-c2nc3c(c(=O)[nH]2)CCN(C(=O)Nc2ccccc2Cl)C3)cc1. The quantitative estimate of drug-likeness (QED) is 0.689. The van der Waals surface area contributed by atoms with Crippen LogP contribution >= 0.6 is 11.6 Å². The van der Waals surface area contributed by atoms with Gasteiger partial charge in [0.1, 0.15) is 11.6 Å². The molecule has 0 fully saturated rings. The topological polar surface area (TPSA) is 87.3 Å². The summed E-state index contributed by atoms with van der Waals surface area (Å²) >= 11 is 6.12. The van der Waals surface area contributed by atoms with E-state index in [1.54, 1.807) is 48.4 Å². The van der Waals surface area contributed by atoms with E-state index < -0.39 is 0 Å². The Morgan fingerprint density at radius 2 is 1.97 bits per heavy atom. The Hall–Kier alpha value is -3.32. The molecule has 1 aromatic heterocycles. The van der Waals surface area contributed by atoms with Crippen molar-refractivity contribution >= 4 is 23.3 Å². The summed E-state index contributed by atoms with van der Waals surface area (Å²) in [7, 11) is 1.59. The number of hydrogen-bond donors (Lipinski definition) is 2. The van der Waals surface area contributed by atoms with Crippen molar-refractivity contribution in [2.45, 2.75) is 13.0 Å². The first-order valence-electron chi connectivity index (χ1n) is 9.12. The molecule has 0 saturated carbocycles. The summed E-state index contributed by atoms with van der Waals surface area (Å²) in [6, 6.07) is 14.0. The van der Waals surface area contributed by atoms with Gasteiger partial charge < -0.3 is 19.9 Å². The molecule has 0 atom stereocenters. The predicted molar refractivity (Wildman–Crippen MR) is 111 cm³/mol. The second-order valence-corrected chi connectivity index (χ2v) is 7.06. The fourth-order valence-corrected chi connectivity index (χ4v) is 3.44. The van der Waals surface area contributed by atoms with Crippen LogP contribution < -0.4 is 15.6 Å². The van der Waals surface area contributed by atoms with Gasteiger partial charge in [-0.25, -0.2) is 9.78 Å². The highest BCUT2D eigenvalue weighted by atomic mass is 35.5. The molecule has 3 aromatic rings. The van der Waals surface area contributed by atoms with E-state index in [2.05, 4.69) is 15.3 Å². The van der Waals surface area contributed by atoms with Crippen molar-refractivity contribution in [1.29, 1.82) is 0 Å². The lowest BCUT2D eigenvalue weighted by molar-refractivity contribution is 0.205. The number of H-pyrrole nitrogens is 1. The molecule has 0 aliphatic carbocycles. The van der Waals surface area contributed by atoms with Gasteiger partial charge in [0.2, 0.25) is 0 Å². The van der Waals surface area contributed by atoms with Crippen LogP contribution in [0, 0.1) is 0 Å². The van der Waals surface area contributed by atoms with Gasteiger partial charge in [0.15, 0.2) is 0 Å². The van der Waals surface area contributed by atoms with Gasteiger partial charge in [-0.2, -0.15) is 0 Å². The summed E-state index contributed by atoms with van der Waals surface area (Å²) in [5, 5.41) is 3.28. The zero-order valence-corrected chi connectivity index (χ0v) is 16.5. The summed E-state index contributed by atoms with van der Waals surface area (Å²) in [6.07, 6.45) is 0.441. The molecule has 7 nitrogen and oxygen atoms in total. The van der Waals surface area contributed by atoms with Gasteiger partial charge in [0, 0.05) is 17.7 Å². The van der Waals surface area contributed by atoms with E-state index in [-0.39, 0.29) is 18.1 Å². The van der Waals surface area contributed by atoms with Crippen LogP contribution in [0.1, 0.15) is 11.3 Å². The molecule has 4 rings (SSSR count). The first-order valence-corrected chi connectivity index (χ1v) is 9.50. The van der Waals surface area contributed by atoms with E-state index in [0.29, 0.717) is 40.8 Å². The number of aromatic amines is 1. The van der Waals surface area contributed by atoms with Crippen molar-refractivity contribution in [2.24, 2.45) is 0 Å². The van der Waals surface area contributed by atoms with Gasteiger partial charge in [-0.3, -0.25) is 4.79 Å². The maximum atomic E-state index is 12.7. The largest absolute Gasteiger partial charge is 0.497 e. The molecule has 1 aliphatic rings. The molecule has 0 saturated heterocycles. The molecule has 1 aliphatic heterocycles. The highest BCUT2D eigenvalue weighted by Gasteiger charge is 2.25. The third-order valence-corrected chi connectivity index (χ3v) is 5.17. The number of carbonyl (C=O) groups is 1. The predicted octanol–water partition coefficient (Wildman–Crippen LogP) is 3.69. The third kappa shape index (κ3) is 3.95. The summed E-state index contributed by atoms with van der Waals surface area (Å²) < 4.78 is 5.16. The number of carbonyl (C=O) groups excluding carboxylic acids is 1. The van der Waals surface area contributed by atoms with E-state index in [9.17, 15) is 9.59 Å². The molecule has 2 heterocycles. The second kappa shape index (κ2) is 7.97. The number of amides is 2. The first kappa shape index (κ1) is 19.0. The number of ether oxygens (including phenoxy) is 1. The van der Waals surface area contributed by atoms with Gasteiger partial charge in [0.25, 0.3) is 5.56 Å². The van der Waals surface area contributed by atoms with Gasteiger partial charge in [-0.15, -0.1) is 0 Å². The maximum absolute atomic E-state index is 12.7. The molecule has 2 amide bonds. The number of fused-ring (bicyclic) bond motifs is 1. The standard InChI is InChI=1S/C21H19ClN4O3/c1-29-14-8-6-13(7-9-14)19-23-18-12-26(11-10-15(18)20(27)25-19)21(28)24-17-5-3-2-4-16(17)22/h2-9H,10-12H2,1H3,(H,24,28)(H,23,25,27). The molecular formula is C21H19ClN4O3. The molecule has 8 heteroatoms. The van der Waals surface area contributed by atoms with E-state index in [0.717, 1.165) is 11.3 Å². The van der Waals surface area contributed by atoms with Crippen LogP contribution in [0.4, 0.5) is 10.5 Å². The summed E-state index contributed by atoms with van der Waals surface area (Å²) in [5.74, 6) is 1.18. The number of rotatable bonds is 3. The second-order valence-electron chi connectivity index (χ2n) is 6.65. The Morgan fingerprint density at radius 3 is 2.69 bits per heavy atom. The van der Waals surface area contributed by atoms with Crippen LogP contribution in [-0.4, -0.2) is 34.6 Å². The number of halogens is 1. The zero-order valence-electron chi connectivity index (χ0n) is 15.7. The zero-order chi connectivity index (χ0) is 20.4. The van der Waals surface area contributed by atoms with E-state index in [4.69, 9.17) is 16.3 Å². The fraction of sp³-hybridized carbons (Fsp3) is 0.190. The summed E-state index contributed by atoms with van der Waals surface area (Å²) in [6.45, 7) is 0.675. The number of nitrogens with zero attached hydrogens (tertiary/aromatic N) is 2. The van der Waals surface area contributed by atoms with Crippen molar-refractivity contribution in [3.8, 4) is 17.1 Å². The molecule has 0 radical (unpaired) electrons. The minimum Gasteiger partial charge on any atom is -0.497 e. The van der Waals surface area contributed by atoms with Crippen molar-refractivity contribution < 1.29 is 9.53 Å². The Bertz CT molecular complexity index is 1110. The van der Waals surface area contributed by atoms with Crippen LogP contribution in [0.15, 0.2) is 53.3 Å². The average Bonchev–Trinajstić information content (AvgIpc) is 2.75. The fourth-order valence-electron chi connectivity index (χ4n) is 3.26. The maximum Gasteiger partial charge on any atom is 0.322 e. The lowest BCUT2D eigenvalue weighted by Gasteiger charge is -2.28. The third-order valence-electron chi connectivity index (χ3n) is 4.84. The summed E-state index contributed by atoms with van der Waals surface area (Å²) in [4.78, 5) is 34.3. The number of nitrogens with one attached hydrogen (secondary N) is 2. The van der Waals surface area contributed by atoms with Crippen LogP contribution in [0.25, 0.3) is 11.4 Å². The molecule has 2 N–H and O–H groups in total. The van der Waals surface area contributed by atoms with E-state index >= 15 is 0 Å². The minimum absolute atomic E-state index is 0.174. The Labute approximate surface area is 172 Å². The van der Waals surface area contributed by atoms with Crippen molar-refractivity contribution in [3.05, 3.63) is 75.2 Å².